The fourth-order valence-electron chi connectivity index (χ4n) is 1.95. The summed E-state index contributed by atoms with van der Waals surface area (Å²) >= 11 is 0. The second kappa shape index (κ2) is 7.63. The van der Waals surface area contributed by atoms with E-state index in [1.807, 2.05) is 5.32 Å². The van der Waals surface area contributed by atoms with Crippen LogP contribution in [0.4, 0.5) is 30.4 Å². The first kappa shape index (κ1) is 19.6. The molecule has 0 unspecified atom stereocenters. The van der Waals surface area contributed by atoms with E-state index in [0.717, 1.165) is 24.4 Å². The van der Waals surface area contributed by atoms with Gasteiger partial charge in [-0.2, -0.15) is 13.2 Å². The number of nitrogens with zero attached hydrogens (tertiary/aromatic N) is 3. The van der Waals surface area contributed by atoms with Gasteiger partial charge >= 0.3 is 12.0 Å². The van der Waals surface area contributed by atoms with Crippen molar-refractivity contribution in [1.82, 2.24) is 4.98 Å². The van der Waals surface area contributed by atoms with Crippen LogP contribution < -0.4 is 10.1 Å². The van der Waals surface area contributed by atoms with Crippen LogP contribution >= 0.6 is 0 Å². The van der Waals surface area contributed by atoms with E-state index in [4.69, 9.17) is 4.74 Å². The Morgan fingerprint density at radius 3 is 2.48 bits per heavy atom. The van der Waals surface area contributed by atoms with Gasteiger partial charge in [0.25, 0.3) is 11.6 Å². The van der Waals surface area contributed by atoms with Crippen molar-refractivity contribution in [3.05, 3.63) is 62.3 Å². The summed E-state index contributed by atoms with van der Waals surface area (Å²) in [6, 6.07) is 4.26. The third-order valence-electron chi connectivity index (χ3n) is 3.08. The molecule has 1 amide bonds. The molecule has 0 aliphatic heterocycles. The number of benzene rings is 1. The Balaban J connectivity index is 2.17. The zero-order chi connectivity index (χ0) is 20.2. The minimum atomic E-state index is -4.96. The maximum Gasteiger partial charge on any atom is 0.418 e. The molecule has 0 spiro atoms. The number of aromatic nitrogens is 1. The molecule has 1 N–H and O–H groups in total. The molecule has 13 heteroatoms. The van der Waals surface area contributed by atoms with Crippen LogP contribution in [-0.4, -0.2) is 27.3 Å². The zero-order valence-electron chi connectivity index (χ0n) is 13.1. The largest absolute Gasteiger partial charge is 0.476 e. The van der Waals surface area contributed by atoms with Crippen LogP contribution in [-0.2, 0) is 11.0 Å². The van der Waals surface area contributed by atoms with Gasteiger partial charge in [-0.15, -0.1) is 0 Å². The number of rotatable bonds is 6. The number of anilines is 1. The Morgan fingerprint density at radius 2 is 1.89 bits per heavy atom. The van der Waals surface area contributed by atoms with Gasteiger partial charge in [0.2, 0.25) is 5.75 Å². The van der Waals surface area contributed by atoms with Gasteiger partial charge in [0.05, 0.1) is 16.2 Å². The Labute approximate surface area is 147 Å². The fraction of sp³-hybridized carbons (Fsp3) is 0.143. The van der Waals surface area contributed by atoms with Crippen molar-refractivity contribution in [2.24, 2.45) is 0 Å². The lowest BCUT2D eigenvalue weighted by atomic mass is 10.1. The molecule has 142 valence electrons. The molecule has 0 saturated carbocycles. The highest BCUT2D eigenvalue weighted by Crippen LogP contribution is 2.37. The number of non-ortho nitro benzene ring substituents is 1. The van der Waals surface area contributed by atoms with Crippen molar-refractivity contribution in [2.75, 3.05) is 11.9 Å². The Hall–Kier alpha value is -3.77. The minimum Gasteiger partial charge on any atom is -0.476 e. The summed E-state index contributed by atoms with van der Waals surface area (Å²) in [4.78, 5) is 34.8. The number of nitro groups is 2. The van der Waals surface area contributed by atoms with Gasteiger partial charge in [-0.3, -0.25) is 14.9 Å². The first-order chi connectivity index (χ1) is 12.6. The van der Waals surface area contributed by atoms with Gasteiger partial charge in [0.1, 0.15) is 6.20 Å². The molecule has 27 heavy (non-hydrogen) atoms. The summed E-state index contributed by atoms with van der Waals surface area (Å²) < 4.78 is 44.1. The van der Waals surface area contributed by atoms with E-state index in [0.29, 0.717) is 0 Å². The minimum absolute atomic E-state index is 0.280. The lowest BCUT2D eigenvalue weighted by Gasteiger charge is -2.13. The number of nitrogens with one attached hydrogen (secondary N) is 1. The number of carbonyl (C=O) groups is 1. The lowest BCUT2D eigenvalue weighted by Crippen LogP contribution is -2.22. The molecule has 1 heterocycles. The first-order valence-electron chi connectivity index (χ1n) is 6.97. The molecular formula is C14H9F3N4O6. The van der Waals surface area contributed by atoms with Crippen LogP contribution in [0.25, 0.3) is 0 Å². The summed E-state index contributed by atoms with van der Waals surface area (Å²) in [6.45, 7) is -0.846. The molecule has 0 aliphatic carbocycles. The van der Waals surface area contributed by atoms with E-state index in [1.165, 1.54) is 6.07 Å². The SMILES string of the molecule is O=C(COc1cccnc1[N+](=O)[O-])Nc1ccc([N+](=O)[O-])cc1C(F)(F)F. The van der Waals surface area contributed by atoms with Gasteiger partial charge in [0.15, 0.2) is 6.61 Å². The molecule has 0 aliphatic rings. The van der Waals surface area contributed by atoms with Gasteiger partial charge in [0, 0.05) is 12.1 Å². The quantitative estimate of drug-likeness (QED) is 0.595. The summed E-state index contributed by atoms with van der Waals surface area (Å²) in [6.07, 6.45) is -3.84. The smallest absolute Gasteiger partial charge is 0.418 e. The van der Waals surface area contributed by atoms with E-state index in [1.54, 1.807) is 0 Å². The van der Waals surface area contributed by atoms with E-state index in [-0.39, 0.29) is 11.8 Å². The number of carbonyl (C=O) groups excluding carboxylic acids is 1. The Kier molecular flexibility index (Phi) is 5.53. The summed E-state index contributed by atoms with van der Waals surface area (Å²) in [5.41, 5.74) is -2.94. The lowest BCUT2D eigenvalue weighted by molar-refractivity contribution is -0.390. The number of hydrogen-bond acceptors (Lipinski definition) is 7. The normalized spacial score (nSPS) is 10.9. The van der Waals surface area contributed by atoms with Crippen LogP contribution in [0.5, 0.6) is 5.75 Å². The maximum absolute atomic E-state index is 13.0. The van der Waals surface area contributed by atoms with E-state index < -0.39 is 51.3 Å². The van der Waals surface area contributed by atoms with Crippen molar-refractivity contribution in [3.8, 4) is 5.75 Å². The highest BCUT2D eigenvalue weighted by Gasteiger charge is 2.35. The van der Waals surface area contributed by atoms with Crippen molar-refractivity contribution in [1.29, 1.82) is 0 Å². The summed E-state index contributed by atoms with van der Waals surface area (Å²) in [5, 5.41) is 23.3. The molecule has 0 fully saturated rings. The number of amides is 1. The zero-order valence-corrected chi connectivity index (χ0v) is 13.1. The second-order valence-corrected chi connectivity index (χ2v) is 4.90. The number of alkyl halides is 3. The monoisotopic (exact) mass is 386 g/mol. The van der Waals surface area contributed by atoms with Gasteiger partial charge in [-0.05, 0) is 28.1 Å². The molecule has 1 aromatic carbocycles. The van der Waals surface area contributed by atoms with E-state index in [9.17, 15) is 38.2 Å². The maximum atomic E-state index is 13.0. The summed E-state index contributed by atoms with van der Waals surface area (Å²) in [5.74, 6) is -2.08. The predicted molar refractivity (Wildman–Crippen MR) is 83.1 cm³/mol. The molecule has 1 aromatic heterocycles. The fourth-order valence-corrected chi connectivity index (χ4v) is 1.95. The average molecular weight is 386 g/mol. The number of halogens is 3. The van der Waals surface area contributed by atoms with Crippen LogP contribution in [0.2, 0.25) is 0 Å². The highest BCUT2D eigenvalue weighted by molar-refractivity contribution is 5.93. The molecule has 0 radical (unpaired) electrons. The van der Waals surface area contributed by atoms with E-state index >= 15 is 0 Å². The molecule has 0 bridgehead atoms. The van der Waals surface area contributed by atoms with Crippen LogP contribution in [0.15, 0.2) is 36.5 Å². The van der Waals surface area contributed by atoms with Crippen molar-refractivity contribution >= 4 is 23.1 Å². The number of pyridine rings is 1. The Morgan fingerprint density at radius 1 is 1.19 bits per heavy atom. The Bertz CT molecular complexity index is 903. The predicted octanol–water partition coefficient (Wildman–Crippen LogP) is 2.93. The number of hydrogen-bond donors (Lipinski definition) is 1. The number of nitro benzene ring substituents is 1. The average Bonchev–Trinajstić information content (AvgIpc) is 2.59. The molecule has 0 atom stereocenters. The number of ether oxygens (including phenoxy) is 1. The van der Waals surface area contributed by atoms with Crippen LogP contribution in [0.1, 0.15) is 5.56 Å². The van der Waals surface area contributed by atoms with Crippen LogP contribution in [0, 0.1) is 20.2 Å². The van der Waals surface area contributed by atoms with Crippen molar-refractivity contribution in [3.63, 3.8) is 0 Å². The molecule has 10 nitrogen and oxygen atoms in total. The molecule has 2 rings (SSSR count). The standard InChI is InChI=1S/C14H9F3N4O6/c15-14(16,17)9-6-8(20(23)24)3-4-10(9)19-12(22)7-27-11-2-1-5-18-13(11)21(25)26/h1-6H,7H2,(H,19,22). The van der Waals surface area contributed by atoms with Gasteiger partial charge in [-0.1, -0.05) is 0 Å². The van der Waals surface area contributed by atoms with Crippen molar-refractivity contribution in [2.45, 2.75) is 6.18 Å². The third kappa shape index (κ3) is 4.87. The first-order valence-corrected chi connectivity index (χ1v) is 6.97. The molecule has 2 aromatic rings. The van der Waals surface area contributed by atoms with E-state index in [2.05, 4.69) is 4.98 Å². The van der Waals surface area contributed by atoms with Gasteiger partial charge < -0.3 is 20.2 Å². The third-order valence-corrected chi connectivity index (χ3v) is 3.08. The highest BCUT2D eigenvalue weighted by atomic mass is 19.4. The summed E-state index contributed by atoms with van der Waals surface area (Å²) in [7, 11) is 0. The second-order valence-electron chi connectivity index (χ2n) is 4.90. The topological polar surface area (TPSA) is 138 Å². The van der Waals surface area contributed by atoms with Gasteiger partial charge in [-0.25, -0.2) is 0 Å². The van der Waals surface area contributed by atoms with Crippen molar-refractivity contribution < 1.29 is 32.5 Å². The molecular weight excluding hydrogens is 377 g/mol. The molecule has 0 saturated heterocycles. The van der Waals surface area contributed by atoms with Crippen LogP contribution in [0.3, 0.4) is 0 Å².